The molecule has 1 aliphatic heterocycles. The van der Waals surface area contributed by atoms with Crippen LogP contribution in [0.1, 0.15) is 93.2 Å². The van der Waals surface area contributed by atoms with Gasteiger partial charge in [0.05, 0.1) is 17.7 Å². The Morgan fingerprint density at radius 3 is 2.29 bits per heavy atom. The first kappa shape index (κ1) is 24.5. The van der Waals surface area contributed by atoms with Gasteiger partial charge in [0.1, 0.15) is 11.4 Å². The molecule has 1 heterocycles. The molecule has 4 nitrogen and oxygen atoms in total. The standard InChI is InChI=1S/C27H31F3N2O2/c1-3-8-23(20-13-11-19(12-14-20)18(2)33)32-25(34)24(31-26(32)15-5-4-6-16-26)21-9-7-10-22(17-21)27(28,29)30/h7,9-14,17-18,23,33H,3-6,8,15-16H2,1-2H3/t18?,23-/m1/s1. The summed E-state index contributed by atoms with van der Waals surface area (Å²) >= 11 is 0. The topological polar surface area (TPSA) is 52.9 Å². The summed E-state index contributed by atoms with van der Waals surface area (Å²) in [5, 5.41) is 9.89. The quantitative estimate of drug-likeness (QED) is 0.516. The maximum Gasteiger partial charge on any atom is 0.416 e. The second-order valence-corrected chi connectivity index (χ2v) is 9.40. The van der Waals surface area contributed by atoms with Gasteiger partial charge in [0.2, 0.25) is 0 Å². The average molecular weight is 473 g/mol. The van der Waals surface area contributed by atoms with Crippen LogP contribution >= 0.6 is 0 Å². The molecular weight excluding hydrogens is 441 g/mol. The van der Waals surface area contributed by atoms with Crippen molar-refractivity contribution in [3.63, 3.8) is 0 Å². The molecule has 182 valence electrons. The average Bonchev–Trinajstić information content (AvgIpc) is 3.09. The van der Waals surface area contributed by atoms with Gasteiger partial charge in [-0.25, -0.2) is 0 Å². The number of carbonyl (C=O) groups is 1. The number of rotatable bonds is 6. The van der Waals surface area contributed by atoms with Gasteiger partial charge < -0.3 is 10.0 Å². The fourth-order valence-electron chi connectivity index (χ4n) is 5.26. The van der Waals surface area contributed by atoms with Crippen molar-refractivity contribution in [1.29, 1.82) is 0 Å². The Morgan fingerprint density at radius 2 is 1.71 bits per heavy atom. The highest BCUT2D eigenvalue weighted by molar-refractivity contribution is 6.46. The zero-order valence-electron chi connectivity index (χ0n) is 19.6. The lowest BCUT2D eigenvalue weighted by Crippen LogP contribution is -2.50. The SMILES string of the molecule is CCC[C@H](c1ccc(C(C)O)cc1)N1C(=O)C(c2cccc(C(F)(F)F)c2)=NC12CCCCC2. The van der Waals surface area contributed by atoms with Crippen LogP contribution in [0.3, 0.4) is 0 Å². The Bertz CT molecular complexity index is 1050. The van der Waals surface area contributed by atoms with Crippen LogP contribution in [0.15, 0.2) is 53.5 Å². The van der Waals surface area contributed by atoms with E-state index in [2.05, 4.69) is 6.92 Å². The van der Waals surface area contributed by atoms with Crippen molar-refractivity contribution in [1.82, 2.24) is 4.90 Å². The van der Waals surface area contributed by atoms with Gasteiger partial charge in [-0.3, -0.25) is 9.79 Å². The number of alkyl halides is 3. The number of carbonyl (C=O) groups excluding carboxylic acids is 1. The van der Waals surface area contributed by atoms with Crippen LogP contribution in [0, 0.1) is 0 Å². The van der Waals surface area contributed by atoms with Gasteiger partial charge >= 0.3 is 6.18 Å². The molecule has 1 saturated carbocycles. The van der Waals surface area contributed by atoms with E-state index in [1.807, 2.05) is 29.2 Å². The Morgan fingerprint density at radius 1 is 1.06 bits per heavy atom. The van der Waals surface area contributed by atoms with E-state index in [9.17, 15) is 23.1 Å². The van der Waals surface area contributed by atoms with Crippen LogP contribution < -0.4 is 0 Å². The summed E-state index contributed by atoms with van der Waals surface area (Å²) in [5.41, 5.74) is 0.559. The molecule has 34 heavy (non-hydrogen) atoms. The molecule has 0 bridgehead atoms. The van der Waals surface area contributed by atoms with Crippen molar-refractivity contribution in [3.8, 4) is 0 Å². The molecule has 2 aliphatic rings. The van der Waals surface area contributed by atoms with Crippen LogP contribution in [-0.2, 0) is 11.0 Å². The number of nitrogens with zero attached hydrogens (tertiary/aromatic N) is 2. The van der Waals surface area contributed by atoms with Gasteiger partial charge in [-0.05, 0) is 62.3 Å². The molecule has 1 spiro atoms. The van der Waals surface area contributed by atoms with E-state index in [0.717, 1.165) is 48.9 Å². The number of aliphatic hydroxyl groups excluding tert-OH is 1. The fourth-order valence-corrected chi connectivity index (χ4v) is 5.26. The molecule has 1 fully saturated rings. The minimum Gasteiger partial charge on any atom is -0.389 e. The lowest BCUT2D eigenvalue weighted by atomic mass is 9.86. The molecule has 4 rings (SSSR count). The zero-order valence-corrected chi connectivity index (χ0v) is 19.6. The molecule has 0 radical (unpaired) electrons. The third kappa shape index (κ3) is 4.63. The normalized spacial score (nSPS) is 19.9. The van der Waals surface area contributed by atoms with Gasteiger partial charge in [-0.1, -0.05) is 56.2 Å². The lowest BCUT2D eigenvalue weighted by molar-refractivity contribution is -0.137. The summed E-state index contributed by atoms with van der Waals surface area (Å²) in [5.74, 6) is -0.306. The predicted octanol–water partition coefficient (Wildman–Crippen LogP) is 6.59. The van der Waals surface area contributed by atoms with E-state index >= 15 is 0 Å². The number of hydrogen-bond donors (Lipinski definition) is 1. The smallest absolute Gasteiger partial charge is 0.389 e. The Balaban J connectivity index is 1.77. The number of halogens is 3. The fraction of sp³-hybridized carbons (Fsp3) is 0.481. The first-order valence-corrected chi connectivity index (χ1v) is 12.1. The van der Waals surface area contributed by atoms with E-state index in [1.54, 1.807) is 6.92 Å². The van der Waals surface area contributed by atoms with Gasteiger partial charge in [0.15, 0.2) is 0 Å². The van der Waals surface area contributed by atoms with Gasteiger partial charge in [0.25, 0.3) is 5.91 Å². The highest BCUT2D eigenvalue weighted by Crippen LogP contribution is 2.46. The number of hydrogen-bond acceptors (Lipinski definition) is 3. The highest BCUT2D eigenvalue weighted by atomic mass is 19.4. The first-order valence-electron chi connectivity index (χ1n) is 12.1. The maximum absolute atomic E-state index is 13.9. The summed E-state index contributed by atoms with van der Waals surface area (Å²) in [6.07, 6.45) is 0.768. The molecule has 2 aromatic carbocycles. The molecule has 2 aromatic rings. The summed E-state index contributed by atoms with van der Waals surface area (Å²) < 4.78 is 40.1. The molecule has 1 unspecified atom stereocenters. The molecule has 0 saturated heterocycles. The van der Waals surface area contributed by atoms with Crippen molar-refractivity contribution in [3.05, 3.63) is 70.8 Å². The highest BCUT2D eigenvalue weighted by Gasteiger charge is 2.50. The molecule has 0 aromatic heterocycles. The van der Waals surface area contributed by atoms with Crippen LogP contribution in [-0.4, -0.2) is 27.3 Å². The number of amides is 1. The van der Waals surface area contributed by atoms with Crippen molar-refractivity contribution in [2.45, 2.75) is 82.8 Å². The van der Waals surface area contributed by atoms with E-state index in [-0.39, 0.29) is 23.2 Å². The lowest BCUT2D eigenvalue weighted by Gasteiger charge is -2.44. The second kappa shape index (κ2) is 9.53. The third-order valence-corrected chi connectivity index (χ3v) is 6.98. The Kier molecular flexibility index (Phi) is 6.85. The molecule has 7 heteroatoms. The monoisotopic (exact) mass is 472 g/mol. The molecule has 1 amide bonds. The van der Waals surface area contributed by atoms with Crippen molar-refractivity contribution in [2.75, 3.05) is 0 Å². The molecule has 2 atom stereocenters. The molecule has 1 aliphatic carbocycles. The van der Waals surface area contributed by atoms with Crippen LogP contribution in [0.5, 0.6) is 0 Å². The maximum atomic E-state index is 13.9. The minimum atomic E-state index is -4.49. The van der Waals surface area contributed by atoms with Crippen molar-refractivity contribution < 1.29 is 23.1 Å². The van der Waals surface area contributed by atoms with Crippen LogP contribution in [0.2, 0.25) is 0 Å². The summed E-state index contributed by atoms with van der Waals surface area (Å²) in [4.78, 5) is 20.6. The number of aliphatic imine (C=N–C) groups is 1. The number of benzene rings is 2. The summed E-state index contributed by atoms with van der Waals surface area (Å²) in [6, 6.07) is 12.3. The van der Waals surface area contributed by atoms with Gasteiger partial charge in [-0.2, -0.15) is 13.2 Å². The van der Waals surface area contributed by atoms with Gasteiger partial charge in [-0.15, -0.1) is 0 Å². The number of aliphatic hydroxyl groups is 1. The zero-order chi connectivity index (χ0) is 24.5. The van der Waals surface area contributed by atoms with Gasteiger partial charge in [0, 0.05) is 5.56 Å². The summed E-state index contributed by atoms with van der Waals surface area (Å²) in [7, 11) is 0. The second-order valence-electron chi connectivity index (χ2n) is 9.40. The summed E-state index contributed by atoms with van der Waals surface area (Å²) in [6.45, 7) is 3.76. The Hall–Kier alpha value is -2.67. The van der Waals surface area contributed by atoms with E-state index in [4.69, 9.17) is 4.99 Å². The van der Waals surface area contributed by atoms with E-state index in [0.29, 0.717) is 19.3 Å². The largest absolute Gasteiger partial charge is 0.416 e. The molecular formula is C27H31F3N2O2. The first-order chi connectivity index (χ1) is 16.2. The van der Waals surface area contributed by atoms with Crippen LogP contribution in [0.4, 0.5) is 13.2 Å². The molecule has 1 N–H and O–H groups in total. The van der Waals surface area contributed by atoms with Crippen LogP contribution in [0.25, 0.3) is 0 Å². The Labute approximate surface area is 198 Å². The third-order valence-electron chi connectivity index (χ3n) is 6.98. The van der Waals surface area contributed by atoms with Crippen molar-refractivity contribution >= 4 is 11.6 Å². The van der Waals surface area contributed by atoms with Crippen molar-refractivity contribution in [2.24, 2.45) is 4.99 Å². The van der Waals surface area contributed by atoms with E-state index < -0.39 is 23.5 Å². The van der Waals surface area contributed by atoms with E-state index in [1.165, 1.54) is 12.1 Å². The predicted molar refractivity (Wildman–Crippen MR) is 125 cm³/mol. The minimum absolute atomic E-state index is 0.120.